The molecule has 0 unspecified atom stereocenters. The van der Waals surface area contributed by atoms with Gasteiger partial charge in [-0.25, -0.2) is 5.43 Å². The van der Waals surface area contributed by atoms with Gasteiger partial charge in [-0.1, -0.05) is 29.3 Å². The third kappa shape index (κ3) is 3.59. The summed E-state index contributed by atoms with van der Waals surface area (Å²) in [7, 11) is 0. The maximum Gasteiger partial charge on any atom is 0.271 e. The molecule has 0 aliphatic heterocycles. The van der Waals surface area contributed by atoms with Crippen LogP contribution < -0.4 is 5.43 Å². The number of benzene rings is 2. The van der Waals surface area contributed by atoms with Crippen LogP contribution in [0.25, 0.3) is 0 Å². The zero-order chi connectivity index (χ0) is 14.5. The Hall–Kier alpha value is -2.33. The fourth-order valence-corrected chi connectivity index (χ4v) is 1.72. The molecule has 0 aliphatic rings. The van der Waals surface area contributed by atoms with E-state index in [2.05, 4.69) is 10.5 Å². The predicted molar refractivity (Wildman–Crippen MR) is 79.4 cm³/mol. The van der Waals surface area contributed by atoms with Gasteiger partial charge < -0.3 is 5.11 Å². The lowest BCUT2D eigenvalue weighted by Gasteiger charge is -2.01. The number of hydrazone groups is 1. The normalized spacial score (nSPS) is 10.7. The molecule has 0 spiro atoms. The van der Waals surface area contributed by atoms with Gasteiger partial charge in [0.15, 0.2) is 0 Å². The van der Waals surface area contributed by atoms with E-state index in [0.717, 1.165) is 5.56 Å². The number of carbonyl (C=O) groups excluding carboxylic acids is 1. The van der Waals surface area contributed by atoms with Crippen LogP contribution >= 0.6 is 11.6 Å². The number of hydrogen-bond acceptors (Lipinski definition) is 3. The van der Waals surface area contributed by atoms with Gasteiger partial charge in [0, 0.05) is 16.1 Å². The van der Waals surface area contributed by atoms with E-state index in [9.17, 15) is 9.90 Å². The molecule has 20 heavy (non-hydrogen) atoms. The van der Waals surface area contributed by atoms with Crippen LogP contribution in [0.5, 0.6) is 5.75 Å². The van der Waals surface area contributed by atoms with Crippen LogP contribution in [-0.4, -0.2) is 17.2 Å². The molecule has 102 valence electrons. The summed E-state index contributed by atoms with van der Waals surface area (Å²) < 4.78 is 0. The first-order chi connectivity index (χ1) is 9.56. The highest BCUT2D eigenvalue weighted by Crippen LogP contribution is 2.20. The second kappa shape index (κ2) is 6.21. The van der Waals surface area contributed by atoms with Gasteiger partial charge in [0.1, 0.15) is 5.75 Å². The second-order valence-electron chi connectivity index (χ2n) is 4.27. The van der Waals surface area contributed by atoms with Crippen molar-refractivity contribution in [1.82, 2.24) is 5.43 Å². The Morgan fingerprint density at radius 1 is 1.25 bits per heavy atom. The second-order valence-corrected chi connectivity index (χ2v) is 4.70. The fraction of sp³-hybridized carbons (Fsp3) is 0.0667. The zero-order valence-electron chi connectivity index (χ0n) is 10.8. The number of rotatable bonds is 3. The van der Waals surface area contributed by atoms with Crippen LogP contribution in [0.3, 0.4) is 0 Å². The summed E-state index contributed by atoms with van der Waals surface area (Å²) in [4.78, 5) is 11.8. The van der Waals surface area contributed by atoms with Crippen LogP contribution in [0.1, 0.15) is 21.5 Å². The summed E-state index contributed by atoms with van der Waals surface area (Å²) in [5, 5.41) is 13.9. The lowest BCUT2D eigenvalue weighted by atomic mass is 10.1. The van der Waals surface area contributed by atoms with Crippen molar-refractivity contribution in [3.8, 4) is 5.75 Å². The van der Waals surface area contributed by atoms with Crippen molar-refractivity contribution in [2.45, 2.75) is 6.92 Å². The Kier molecular flexibility index (Phi) is 4.38. The van der Waals surface area contributed by atoms with Gasteiger partial charge in [-0.3, -0.25) is 4.79 Å². The molecule has 2 N–H and O–H groups in total. The average Bonchev–Trinajstić information content (AvgIpc) is 2.42. The van der Waals surface area contributed by atoms with E-state index >= 15 is 0 Å². The molecule has 2 rings (SSSR count). The van der Waals surface area contributed by atoms with Crippen LogP contribution in [0.2, 0.25) is 5.02 Å². The van der Waals surface area contributed by atoms with Crippen molar-refractivity contribution in [1.29, 1.82) is 0 Å². The maximum absolute atomic E-state index is 11.8. The number of amides is 1. The van der Waals surface area contributed by atoms with Gasteiger partial charge in [-0.2, -0.15) is 5.10 Å². The summed E-state index contributed by atoms with van der Waals surface area (Å²) in [5.41, 5.74) is 4.47. The number of hydrogen-bond donors (Lipinski definition) is 2. The van der Waals surface area contributed by atoms with Gasteiger partial charge in [0.2, 0.25) is 0 Å². The van der Waals surface area contributed by atoms with E-state index in [1.54, 1.807) is 24.3 Å². The first-order valence-electron chi connectivity index (χ1n) is 5.95. The molecule has 0 saturated carbocycles. The molecule has 0 atom stereocenters. The van der Waals surface area contributed by atoms with E-state index in [1.807, 2.05) is 19.1 Å². The highest BCUT2D eigenvalue weighted by atomic mass is 35.5. The predicted octanol–water partition coefficient (Wildman–Crippen LogP) is 3.12. The maximum atomic E-state index is 11.8. The molecule has 4 nitrogen and oxygen atoms in total. The van der Waals surface area contributed by atoms with Gasteiger partial charge >= 0.3 is 0 Å². The summed E-state index contributed by atoms with van der Waals surface area (Å²) in [6.45, 7) is 1.95. The number of aromatic hydroxyl groups is 1. The third-order valence-electron chi connectivity index (χ3n) is 2.68. The fourth-order valence-electron chi connectivity index (χ4n) is 1.56. The van der Waals surface area contributed by atoms with Crippen LogP contribution in [0.4, 0.5) is 0 Å². The molecule has 2 aromatic rings. The first-order valence-corrected chi connectivity index (χ1v) is 6.32. The first kappa shape index (κ1) is 14.1. The van der Waals surface area contributed by atoms with E-state index in [0.29, 0.717) is 16.1 Å². The number of carbonyl (C=O) groups is 1. The van der Waals surface area contributed by atoms with Crippen molar-refractivity contribution >= 4 is 23.7 Å². The Balaban J connectivity index is 2.02. The van der Waals surface area contributed by atoms with Crippen LogP contribution in [0.15, 0.2) is 47.6 Å². The van der Waals surface area contributed by atoms with E-state index in [4.69, 9.17) is 11.6 Å². The molecule has 0 saturated heterocycles. The monoisotopic (exact) mass is 288 g/mol. The third-order valence-corrected chi connectivity index (χ3v) is 2.91. The van der Waals surface area contributed by atoms with Gasteiger partial charge in [0.25, 0.3) is 5.91 Å². The number of phenols is 1. The number of nitrogens with zero attached hydrogens (tertiary/aromatic N) is 1. The molecule has 1 amide bonds. The van der Waals surface area contributed by atoms with Crippen molar-refractivity contribution in [2.75, 3.05) is 0 Å². The number of phenolic OH excluding ortho intramolecular Hbond substituents is 1. The molecule has 0 radical (unpaired) electrons. The smallest absolute Gasteiger partial charge is 0.271 e. The SMILES string of the molecule is Cc1ccc(C(=O)N/N=C/c2ccc(Cl)cc2O)cc1. The minimum Gasteiger partial charge on any atom is -0.507 e. The lowest BCUT2D eigenvalue weighted by molar-refractivity contribution is 0.0955. The van der Waals surface area contributed by atoms with Gasteiger partial charge in [-0.15, -0.1) is 0 Å². The van der Waals surface area contributed by atoms with E-state index < -0.39 is 0 Å². The quantitative estimate of drug-likeness (QED) is 0.673. The summed E-state index contributed by atoms with van der Waals surface area (Å²) in [6, 6.07) is 11.8. The van der Waals surface area contributed by atoms with E-state index in [1.165, 1.54) is 12.3 Å². The Bertz CT molecular complexity index is 651. The molecular weight excluding hydrogens is 276 g/mol. The Morgan fingerprint density at radius 3 is 2.60 bits per heavy atom. The average molecular weight is 289 g/mol. The summed E-state index contributed by atoms with van der Waals surface area (Å²) in [5.74, 6) is -0.305. The minimum atomic E-state index is -0.310. The number of aryl methyl sites for hydroxylation is 1. The van der Waals surface area contributed by atoms with Crippen molar-refractivity contribution in [3.05, 3.63) is 64.2 Å². The van der Waals surface area contributed by atoms with Crippen LogP contribution in [0, 0.1) is 6.92 Å². The van der Waals surface area contributed by atoms with Gasteiger partial charge in [-0.05, 0) is 37.3 Å². The Labute approximate surface area is 121 Å². The van der Waals surface area contributed by atoms with Crippen molar-refractivity contribution < 1.29 is 9.90 Å². The zero-order valence-corrected chi connectivity index (χ0v) is 11.6. The van der Waals surface area contributed by atoms with Crippen molar-refractivity contribution in [2.24, 2.45) is 5.10 Å². The number of halogens is 1. The highest BCUT2D eigenvalue weighted by molar-refractivity contribution is 6.30. The highest BCUT2D eigenvalue weighted by Gasteiger charge is 2.03. The molecule has 0 fully saturated rings. The molecule has 5 heteroatoms. The van der Waals surface area contributed by atoms with E-state index in [-0.39, 0.29) is 11.7 Å². The standard InChI is InChI=1S/C15H13ClN2O2/c1-10-2-4-11(5-3-10)15(20)18-17-9-12-6-7-13(16)8-14(12)19/h2-9,19H,1H3,(H,18,20)/b17-9+. The van der Waals surface area contributed by atoms with Crippen molar-refractivity contribution in [3.63, 3.8) is 0 Å². The largest absolute Gasteiger partial charge is 0.507 e. The lowest BCUT2D eigenvalue weighted by Crippen LogP contribution is -2.17. The summed E-state index contributed by atoms with van der Waals surface area (Å²) in [6.07, 6.45) is 1.36. The van der Waals surface area contributed by atoms with Crippen LogP contribution in [-0.2, 0) is 0 Å². The minimum absolute atomic E-state index is 0.00540. The molecular formula is C15H13ClN2O2. The number of nitrogens with one attached hydrogen (secondary N) is 1. The molecule has 0 aromatic heterocycles. The molecule has 0 aliphatic carbocycles. The van der Waals surface area contributed by atoms with Gasteiger partial charge in [0.05, 0.1) is 6.21 Å². The Morgan fingerprint density at radius 2 is 1.95 bits per heavy atom. The molecule has 2 aromatic carbocycles. The molecule has 0 heterocycles. The molecule has 0 bridgehead atoms. The summed E-state index contributed by atoms with van der Waals surface area (Å²) >= 11 is 5.72. The topological polar surface area (TPSA) is 61.7 Å².